The van der Waals surface area contributed by atoms with Gasteiger partial charge in [0.05, 0.1) is 19.2 Å². The molecule has 156 valence electrons. The number of methoxy groups -OCH3 is 2. The molecule has 2 aromatic carbocycles. The Hall–Kier alpha value is -2.64. The molecule has 7 heteroatoms. The number of carbonyl (C=O) groups is 1. The number of hydrazine groups is 1. The predicted octanol–water partition coefficient (Wildman–Crippen LogP) is 4.19. The van der Waals surface area contributed by atoms with E-state index in [1.54, 1.807) is 25.3 Å². The first kappa shape index (κ1) is 22.6. The summed E-state index contributed by atoms with van der Waals surface area (Å²) >= 11 is 1.29. The van der Waals surface area contributed by atoms with Crippen LogP contribution in [0.3, 0.4) is 0 Å². The van der Waals surface area contributed by atoms with Crippen molar-refractivity contribution in [2.24, 2.45) is 11.6 Å². The zero-order chi connectivity index (χ0) is 21.8. The average Bonchev–Trinajstić information content (AvgIpc) is 2.66. The van der Waals surface area contributed by atoms with E-state index in [4.69, 9.17) is 21.1 Å². The molecule has 0 radical (unpaired) electrons. The summed E-state index contributed by atoms with van der Waals surface area (Å²) in [5, 5.41) is 1.55. The second-order valence-electron chi connectivity index (χ2n) is 7.55. The first-order chi connectivity index (χ1) is 13.6. The van der Waals surface area contributed by atoms with Gasteiger partial charge in [-0.25, -0.2) is 5.84 Å². The molecule has 0 bridgehead atoms. The summed E-state index contributed by atoms with van der Waals surface area (Å²) in [5.74, 6) is 7.13. The second kappa shape index (κ2) is 9.24. The minimum Gasteiger partial charge on any atom is -0.497 e. The molecular formula is C22H29N3O3S. The van der Waals surface area contributed by atoms with Crippen LogP contribution < -0.4 is 26.1 Å². The third-order valence-electron chi connectivity index (χ3n) is 4.40. The van der Waals surface area contributed by atoms with E-state index in [2.05, 4.69) is 32.9 Å². The number of thioether (sulfide) groups is 1. The highest BCUT2D eigenvalue weighted by molar-refractivity contribution is 8.03. The minimum atomic E-state index is -0.256. The van der Waals surface area contributed by atoms with Crippen molar-refractivity contribution in [3.05, 3.63) is 58.8 Å². The third-order valence-corrected chi connectivity index (χ3v) is 5.32. The van der Waals surface area contributed by atoms with Crippen LogP contribution in [0.25, 0.3) is 0 Å². The van der Waals surface area contributed by atoms with Crippen LogP contribution in [-0.4, -0.2) is 20.0 Å². The van der Waals surface area contributed by atoms with Gasteiger partial charge in [-0.05, 0) is 35.2 Å². The molecule has 0 heterocycles. The van der Waals surface area contributed by atoms with Crippen molar-refractivity contribution in [2.45, 2.75) is 38.0 Å². The van der Waals surface area contributed by atoms with E-state index in [1.165, 1.54) is 36.4 Å². The maximum absolute atomic E-state index is 12.4. The Balaban J connectivity index is 2.41. The van der Waals surface area contributed by atoms with Crippen LogP contribution in [0, 0.1) is 0 Å². The van der Waals surface area contributed by atoms with Gasteiger partial charge in [0.15, 0.2) is 5.78 Å². The summed E-state index contributed by atoms with van der Waals surface area (Å²) in [6, 6.07) is 13.3. The SMILES string of the molecule is COc1ccc(OC)c(N(N)/C(C(C)=O)=C(\N)Sc2ccc(C(C)(C)C)cc2)c1. The molecule has 0 atom stereocenters. The van der Waals surface area contributed by atoms with Gasteiger partial charge < -0.3 is 15.2 Å². The lowest BCUT2D eigenvalue weighted by Crippen LogP contribution is -2.35. The van der Waals surface area contributed by atoms with Crippen molar-refractivity contribution in [3.63, 3.8) is 0 Å². The van der Waals surface area contributed by atoms with Crippen molar-refractivity contribution in [2.75, 3.05) is 19.2 Å². The van der Waals surface area contributed by atoms with Crippen molar-refractivity contribution in [3.8, 4) is 11.5 Å². The number of carbonyl (C=O) groups excluding carboxylic acids is 1. The van der Waals surface area contributed by atoms with Crippen LogP contribution in [0.1, 0.15) is 33.3 Å². The van der Waals surface area contributed by atoms with Gasteiger partial charge in [0.1, 0.15) is 22.9 Å². The molecule has 2 aromatic rings. The van der Waals surface area contributed by atoms with E-state index < -0.39 is 0 Å². The second-order valence-corrected chi connectivity index (χ2v) is 8.67. The van der Waals surface area contributed by atoms with Crippen LogP contribution in [0.4, 0.5) is 5.69 Å². The molecule has 0 saturated carbocycles. The molecule has 0 aromatic heterocycles. The molecule has 0 unspecified atom stereocenters. The van der Waals surface area contributed by atoms with Crippen molar-refractivity contribution >= 4 is 23.2 Å². The Morgan fingerprint density at radius 1 is 1.03 bits per heavy atom. The summed E-state index contributed by atoms with van der Waals surface area (Å²) in [5.41, 5.74) is 8.24. The van der Waals surface area contributed by atoms with E-state index in [0.717, 1.165) is 4.90 Å². The van der Waals surface area contributed by atoms with Crippen molar-refractivity contribution < 1.29 is 14.3 Å². The average molecular weight is 416 g/mol. The van der Waals surface area contributed by atoms with Crippen LogP contribution in [-0.2, 0) is 10.2 Å². The molecular weight excluding hydrogens is 386 g/mol. The fourth-order valence-electron chi connectivity index (χ4n) is 2.77. The van der Waals surface area contributed by atoms with E-state index in [1.807, 2.05) is 12.1 Å². The molecule has 2 rings (SSSR count). The lowest BCUT2D eigenvalue weighted by molar-refractivity contribution is -0.113. The Morgan fingerprint density at radius 3 is 2.14 bits per heavy atom. The fraction of sp³-hybridized carbons (Fsp3) is 0.318. The molecule has 0 amide bonds. The van der Waals surface area contributed by atoms with E-state index >= 15 is 0 Å². The minimum absolute atomic E-state index is 0.0616. The lowest BCUT2D eigenvalue weighted by atomic mass is 9.87. The first-order valence-corrected chi connectivity index (χ1v) is 9.96. The number of ketones is 1. The van der Waals surface area contributed by atoms with Gasteiger partial charge in [0.25, 0.3) is 0 Å². The normalized spacial score (nSPS) is 12.2. The number of ether oxygens (including phenoxy) is 2. The molecule has 0 aliphatic carbocycles. The summed E-state index contributed by atoms with van der Waals surface area (Å²) in [6.45, 7) is 7.90. The van der Waals surface area contributed by atoms with Crippen LogP contribution >= 0.6 is 11.8 Å². The van der Waals surface area contributed by atoms with Gasteiger partial charge in [-0.2, -0.15) is 0 Å². The highest BCUT2D eigenvalue weighted by atomic mass is 32.2. The Kier molecular flexibility index (Phi) is 7.21. The molecule has 29 heavy (non-hydrogen) atoms. The van der Waals surface area contributed by atoms with Gasteiger partial charge in [-0.15, -0.1) is 0 Å². The van der Waals surface area contributed by atoms with Gasteiger partial charge in [0, 0.05) is 17.9 Å². The Labute approximate surface area is 176 Å². The number of rotatable bonds is 7. The zero-order valence-electron chi connectivity index (χ0n) is 17.8. The number of hydrogen-bond donors (Lipinski definition) is 2. The van der Waals surface area contributed by atoms with E-state index in [0.29, 0.717) is 22.2 Å². The first-order valence-electron chi connectivity index (χ1n) is 9.14. The fourth-order valence-corrected chi connectivity index (χ4v) is 3.63. The number of anilines is 1. The Bertz CT molecular complexity index is 903. The van der Waals surface area contributed by atoms with Crippen LogP contribution in [0.5, 0.6) is 11.5 Å². The van der Waals surface area contributed by atoms with Crippen LogP contribution in [0.15, 0.2) is 58.1 Å². The number of allylic oxidation sites excluding steroid dienone is 1. The lowest BCUT2D eigenvalue weighted by Gasteiger charge is -2.24. The number of hydrogen-bond acceptors (Lipinski definition) is 7. The zero-order valence-corrected chi connectivity index (χ0v) is 18.6. The van der Waals surface area contributed by atoms with Crippen molar-refractivity contribution in [1.29, 1.82) is 0 Å². The Morgan fingerprint density at radius 2 is 1.66 bits per heavy atom. The predicted molar refractivity (Wildman–Crippen MR) is 119 cm³/mol. The number of Topliss-reactive ketones (excluding diaryl/α,β-unsaturated/α-hetero) is 1. The maximum atomic E-state index is 12.4. The quantitative estimate of drug-likeness (QED) is 0.303. The van der Waals surface area contributed by atoms with Gasteiger partial charge in [-0.3, -0.25) is 9.80 Å². The maximum Gasteiger partial charge on any atom is 0.180 e. The van der Waals surface area contributed by atoms with Gasteiger partial charge in [-0.1, -0.05) is 44.7 Å². The van der Waals surface area contributed by atoms with Crippen LogP contribution in [0.2, 0.25) is 0 Å². The molecule has 0 aliphatic heterocycles. The summed E-state index contributed by atoms with van der Waals surface area (Å²) in [6.07, 6.45) is 0. The number of nitrogens with zero attached hydrogens (tertiary/aromatic N) is 1. The highest BCUT2D eigenvalue weighted by Gasteiger charge is 2.22. The third kappa shape index (κ3) is 5.46. The number of benzene rings is 2. The van der Waals surface area contributed by atoms with E-state index in [9.17, 15) is 4.79 Å². The van der Waals surface area contributed by atoms with Crippen molar-refractivity contribution in [1.82, 2.24) is 0 Å². The largest absolute Gasteiger partial charge is 0.497 e. The smallest absolute Gasteiger partial charge is 0.180 e. The highest BCUT2D eigenvalue weighted by Crippen LogP contribution is 2.35. The van der Waals surface area contributed by atoms with Gasteiger partial charge >= 0.3 is 0 Å². The summed E-state index contributed by atoms with van der Waals surface area (Å²) < 4.78 is 10.6. The molecule has 0 spiro atoms. The molecule has 0 saturated heterocycles. The summed E-state index contributed by atoms with van der Waals surface area (Å²) in [7, 11) is 3.09. The topological polar surface area (TPSA) is 90.8 Å². The molecule has 6 nitrogen and oxygen atoms in total. The van der Waals surface area contributed by atoms with E-state index in [-0.39, 0.29) is 16.9 Å². The van der Waals surface area contributed by atoms with Gasteiger partial charge in [0.2, 0.25) is 0 Å². The molecule has 0 fully saturated rings. The summed E-state index contributed by atoms with van der Waals surface area (Å²) in [4.78, 5) is 13.3. The number of nitrogens with two attached hydrogens (primary N) is 2. The molecule has 0 aliphatic rings. The monoisotopic (exact) mass is 415 g/mol. The standard InChI is InChI=1S/C22H29N3O3S/c1-14(26)20(25(24)18-13-16(27-5)9-12-19(18)28-6)21(23)29-17-10-7-15(8-11-17)22(2,3)4/h7-13H,23-24H2,1-6H3/b21-20+. The molecule has 4 N–H and O–H groups in total.